The maximum absolute atomic E-state index is 12.8. The predicted molar refractivity (Wildman–Crippen MR) is 568 cm³/mol. The SMILES string of the molecule is COc1cc2c(cc1CC(=O)CS)oc1ccccc12.COc1ccc(CC(=O)CS)cc1O.Cc1ccc(C(=O)c2ccccc2)c(CC(=O)CS)c1.O=C(CS)Cc1cc(-c2ccccc2)c(O)c(-c2ccccc2)c1.O=C(CS)Cc1cc(F)cc(F)c1.O=C(CS)Cc1ccc(CCO)cc1.O=C(CS)Cc1ccc2c(C(F)(F)F)cc(=O)oc2c1.O=C(CS)Cc1cccc2cccnc12. The molecule has 0 unspecified atom stereocenters. The summed E-state index contributed by atoms with van der Waals surface area (Å²) in [5.41, 5.74) is 12.9. The maximum atomic E-state index is 12.8. The second-order valence-electron chi connectivity index (χ2n) is 31.2. The van der Waals surface area contributed by atoms with Crippen LogP contribution in [0.15, 0.2) is 293 Å². The van der Waals surface area contributed by atoms with E-state index in [0.717, 1.165) is 118 Å². The van der Waals surface area contributed by atoms with Gasteiger partial charge in [-0.15, -0.1) is 0 Å². The summed E-state index contributed by atoms with van der Waals surface area (Å²) in [6, 6.07) is 79.3. The summed E-state index contributed by atoms with van der Waals surface area (Å²) >= 11 is 31.4. The summed E-state index contributed by atoms with van der Waals surface area (Å²) in [7, 11) is 3.09. The van der Waals surface area contributed by atoms with Gasteiger partial charge in [-0.05, 0) is 136 Å². The van der Waals surface area contributed by atoms with Crippen molar-refractivity contribution in [3.8, 4) is 45.3 Å². The van der Waals surface area contributed by atoms with Crippen LogP contribution < -0.4 is 15.1 Å². The Balaban J connectivity index is 0.000000198. The molecule has 3 aromatic heterocycles. The fourth-order valence-corrected chi connectivity index (χ4v) is 14.9. The van der Waals surface area contributed by atoms with E-state index in [0.29, 0.717) is 84.1 Å². The number of para-hydroxylation sites is 2. The lowest BCUT2D eigenvalue weighted by Crippen LogP contribution is -2.11. The van der Waals surface area contributed by atoms with Crippen molar-refractivity contribution in [3.63, 3.8) is 0 Å². The number of furan rings is 1. The molecule has 0 fully saturated rings. The number of nitrogens with zero attached hydrogens (tertiary/aromatic N) is 1. The van der Waals surface area contributed by atoms with E-state index in [-0.39, 0.29) is 141 Å². The Morgan fingerprint density at radius 1 is 0.379 bits per heavy atom. The largest absolute Gasteiger partial charge is 0.507 e. The summed E-state index contributed by atoms with van der Waals surface area (Å²) in [5, 5.41) is 31.9. The van der Waals surface area contributed by atoms with Gasteiger partial charge in [0, 0.05) is 172 Å². The maximum Gasteiger partial charge on any atom is 0.417 e. The summed E-state index contributed by atoms with van der Waals surface area (Å²) in [6.07, 6.45) is -0.157. The minimum absolute atomic E-state index is 0.0149. The number of ketones is 9. The molecule has 18 nitrogen and oxygen atoms in total. The van der Waals surface area contributed by atoms with Crippen molar-refractivity contribution >= 4 is 197 Å². The molecule has 0 amide bonds. The van der Waals surface area contributed by atoms with Crippen molar-refractivity contribution < 1.29 is 98.7 Å². The molecule has 12 aromatic carbocycles. The lowest BCUT2D eigenvalue weighted by molar-refractivity contribution is -0.136. The van der Waals surface area contributed by atoms with Crippen LogP contribution in [0.1, 0.15) is 77.1 Å². The Kier molecular flexibility index (Phi) is 46.8. The van der Waals surface area contributed by atoms with Gasteiger partial charge in [-0.2, -0.15) is 114 Å². The van der Waals surface area contributed by atoms with E-state index in [1.807, 2.05) is 201 Å². The van der Waals surface area contributed by atoms with Gasteiger partial charge in [0.05, 0.1) is 25.3 Å². The van der Waals surface area contributed by atoms with E-state index in [2.05, 4.69) is 106 Å². The summed E-state index contributed by atoms with van der Waals surface area (Å²) in [4.78, 5) is 119. The number of aromatic hydroxyl groups is 2. The number of phenolic OH excluding ortho intramolecular Hbond substituents is 2. The number of hydrogen-bond donors (Lipinski definition) is 11. The van der Waals surface area contributed by atoms with Crippen LogP contribution in [0.2, 0.25) is 0 Å². The number of methoxy groups -OCH3 is 2. The summed E-state index contributed by atoms with van der Waals surface area (Å²) in [5.74, 6) is 1.61. The highest BCUT2D eigenvalue weighted by Crippen LogP contribution is 2.41. The zero-order valence-corrected chi connectivity index (χ0v) is 83.4. The van der Waals surface area contributed by atoms with Crippen LogP contribution in [-0.4, -0.2) is 139 Å². The minimum atomic E-state index is -4.64. The van der Waals surface area contributed by atoms with Crippen LogP contribution >= 0.6 is 101 Å². The minimum Gasteiger partial charge on any atom is -0.507 e. The van der Waals surface area contributed by atoms with Gasteiger partial charge in [-0.25, -0.2) is 13.6 Å². The first-order valence-electron chi connectivity index (χ1n) is 43.3. The van der Waals surface area contributed by atoms with Crippen molar-refractivity contribution in [1.29, 1.82) is 0 Å². The average molecular weight is 2050 g/mol. The monoisotopic (exact) mass is 2050 g/mol. The molecular weight excluding hydrogens is 1950 g/mol. The highest BCUT2D eigenvalue weighted by atomic mass is 32.1. The lowest BCUT2D eigenvalue weighted by atomic mass is 9.93. The third-order valence-electron chi connectivity index (χ3n) is 20.7. The number of rotatable bonds is 32. The van der Waals surface area contributed by atoms with E-state index in [1.165, 1.54) is 31.4 Å². The highest BCUT2D eigenvalue weighted by molar-refractivity contribution is 7.82. The molecule has 0 aliphatic heterocycles. The first kappa shape index (κ1) is 113. The number of phenols is 2. The van der Waals surface area contributed by atoms with Crippen LogP contribution in [0.3, 0.4) is 0 Å². The van der Waals surface area contributed by atoms with Crippen LogP contribution in [0.4, 0.5) is 22.0 Å². The molecule has 0 aliphatic carbocycles. The Labute approximate surface area is 850 Å². The molecule has 15 rings (SSSR count). The molecule has 3 heterocycles. The number of Topliss-reactive ketones (excluding diaryl/α,β-unsaturated/α-hetero) is 8. The van der Waals surface area contributed by atoms with Crippen LogP contribution in [0.25, 0.3) is 66.1 Å². The van der Waals surface area contributed by atoms with Gasteiger partial charge < -0.3 is 33.6 Å². The van der Waals surface area contributed by atoms with Gasteiger partial charge in [0.2, 0.25) is 0 Å². The van der Waals surface area contributed by atoms with Gasteiger partial charge in [-0.3, -0.25) is 48.1 Å². The van der Waals surface area contributed by atoms with Gasteiger partial charge in [0.25, 0.3) is 0 Å². The van der Waals surface area contributed by atoms with E-state index in [1.54, 1.807) is 43.6 Å². The number of halogens is 5. The number of carbonyl (C=O) groups excluding carboxylic acids is 9. The number of thiol groups is 8. The fourth-order valence-electron chi connectivity index (χ4n) is 14.0. The standard InChI is InChI=1S/C21H18O2S.C17H16O2S.C16H14O3S.C13H9F3O3S.C12H11NOS.C11H14O2S.C10H12O3S.C9H8F2OS/c22-18(14-24)11-15-12-19(16-7-3-1-4-8-16)21(23)20(13-15)17-9-5-2-6-10-17;1-12-7-8-16(14(9-12)10-15(18)11-20)17(19)13-5-3-2-4-6-13;1-18-15-8-13-12-4-2-3-5-14(12)19-16(13)7-10(15)6-11(17)9-20;14-13(15,16)10-5-12(18)19-11-4-7(1-2-9(10)11)3-8(17)6-20;14-11(8-15)7-10-4-1-3-9-5-2-6-13-12(9)10;12-6-5-9-1-3-10(4-2-9)7-11(13)8-14;1-13-10-3-2-7(5-9(10)12)4-8(11)6-14;10-7-1-6(2-8(11)4-7)3-9(12)5-13/h1-10,12-13,23-24H,11,14H2;2-9,20H,10-11H2,1H3;2-5,7-8,20H,6,9H2,1H3;1-2,4-5,20H,3,6H2;1-6,15H,7-8H2;1-4,12,14H,5-8H2;2-3,5,12,14H,4,6H2,1H3;1-2,4,13H,3,5H2. The molecular formula is C109H102F5NO17S8. The molecule has 3 N–H and O–H groups in total. The van der Waals surface area contributed by atoms with Crippen LogP contribution in [0.5, 0.6) is 23.0 Å². The van der Waals surface area contributed by atoms with Crippen molar-refractivity contribution in [1.82, 2.24) is 4.98 Å². The molecule has 15 aromatic rings. The average Bonchev–Trinajstić information content (AvgIpc) is 1.52. The number of aliphatic hydroxyl groups excluding tert-OH is 1. The molecule has 0 spiro atoms. The number of carbonyl (C=O) groups is 9. The Hall–Kier alpha value is -12.3. The molecule has 0 bridgehead atoms. The van der Waals surface area contributed by atoms with Gasteiger partial charge in [0.15, 0.2) is 17.3 Å². The number of hydrogen-bond acceptors (Lipinski definition) is 26. The second kappa shape index (κ2) is 58.1. The molecule has 0 atom stereocenters. The number of fused-ring (bicyclic) bond motifs is 5. The van der Waals surface area contributed by atoms with Gasteiger partial charge in [-0.1, -0.05) is 200 Å². The smallest absolute Gasteiger partial charge is 0.417 e. The van der Waals surface area contributed by atoms with Gasteiger partial charge >= 0.3 is 11.8 Å². The van der Waals surface area contributed by atoms with E-state index >= 15 is 0 Å². The molecule has 0 saturated carbocycles. The number of aliphatic hydroxyl groups is 1. The van der Waals surface area contributed by atoms with Gasteiger partial charge in [0.1, 0.15) is 86.1 Å². The Bertz CT molecular complexity index is 6740. The number of benzene rings is 12. The van der Waals surface area contributed by atoms with Crippen molar-refractivity contribution in [2.24, 2.45) is 0 Å². The molecule has 0 radical (unpaired) electrons. The third-order valence-corrected chi connectivity index (χ3v) is 23.5. The summed E-state index contributed by atoms with van der Waals surface area (Å²) < 4.78 is 84.5. The van der Waals surface area contributed by atoms with Crippen LogP contribution in [-0.2, 0) is 102 Å². The fraction of sp³-hybridized carbons (Fsp3) is 0.202. The van der Waals surface area contributed by atoms with E-state index < -0.39 is 29.0 Å². The highest BCUT2D eigenvalue weighted by Gasteiger charge is 2.34. The topological polar surface area (TPSA) is 289 Å². The first-order chi connectivity index (χ1) is 67.2. The number of alkyl halides is 3. The predicted octanol–water partition coefficient (Wildman–Crippen LogP) is 21.5. The number of pyridine rings is 1. The third kappa shape index (κ3) is 35.8. The normalized spacial score (nSPS) is 10.6. The summed E-state index contributed by atoms with van der Waals surface area (Å²) in [6.45, 7) is 2.11. The van der Waals surface area contributed by atoms with Crippen molar-refractivity contribution in [2.45, 2.75) is 70.9 Å². The zero-order valence-electron chi connectivity index (χ0n) is 76.3. The molecule has 728 valence electrons. The molecule has 140 heavy (non-hydrogen) atoms. The molecule has 31 heteroatoms. The van der Waals surface area contributed by atoms with Crippen LogP contribution in [0, 0.1) is 18.6 Å². The van der Waals surface area contributed by atoms with E-state index in [9.17, 15) is 80.1 Å². The molecule has 0 saturated heterocycles. The Morgan fingerprint density at radius 2 is 0.829 bits per heavy atom. The molecule has 0 aliphatic rings. The lowest BCUT2D eigenvalue weighted by Gasteiger charge is -2.13. The zero-order chi connectivity index (χ0) is 102. The number of aromatic nitrogens is 1. The van der Waals surface area contributed by atoms with E-state index in [4.69, 9.17) is 23.4 Å². The van der Waals surface area contributed by atoms with Crippen molar-refractivity contribution in [2.75, 3.05) is 66.8 Å². The quantitative estimate of drug-likeness (QED) is 0.00808. The first-order valence-corrected chi connectivity index (χ1v) is 48.4. The Morgan fingerprint density at radius 3 is 1.35 bits per heavy atom. The van der Waals surface area contributed by atoms with Crippen molar-refractivity contribution in [3.05, 3.63) is 374 Å². The number of aryl methyl sites for hydroxylation is 1. The second-order valence-corrected chi connectivity index (χ2v) is 33.8. The number of ether oxygens (including phenoxy) is 2.